The number of rotatable bonds is 18. The summed E-state index contributed by atoms with van der Waals surface area (Å²) >= 11 is 0. The molecule has 43 heavy (non-hydrogen) atoms. The Morgan fingerprint density at radius 2 is 1.37 bits per heavy atom. The van der Waals surface area contributed by atoms with Crippen molar-refractivity contribution in [1.82, 2.24) is 0 Å². The normalized spacial score (nSPS) is 21.9. The van der Waals surface area contributed by atoms with E-state index in [1.807, 2.05) is 84.9 Å². The van der Waals surface area contributed by atoms with Crippen molar-refractivity contribution in [2.24, 2.45) is 0 Å². The van der Waals surface area contributed by atoms with E-state index in [9.17, 15) is 9.90 Å². The minimum absolute atomic E-state index is 0.131. The molecule has 0 spiro atoms. The maximum Gasteiger partial charge on any atom is 0.303 e. The number of hydrogen-bond donors (Lipinski definition) is 2. The Morgan fingerprint density at radius 3 is 1.98 bits per heavy atom. The van der Waals surface area contributed by atoms with Crippen molar-refractivity contribution >= 4 is 5.97 Å². The minimum Gasteiger partial charge on any atom is -0.494 e. The van der Waals surface area contributed by atoms with Crippen LogP contribution in [-0.4, -0.2) is 67.2 Å². The van der Waals surface area contributed by atoms with Gasteiger partial charge in [0.05, 0.1) is 33.0 Å². The van der Waals surface area contributed by atoms with Crippen molar-refractivity contribution in [1.29, 1.82) is 0 Å². The second-order valence-corrected chi connectivity index (χ2v) is 10.5. The molecule has 1 aliphatic heterocycles. The van der Waals surface area contributed by atoms with Crippen LogP contribution in [0.15, 0.2) is 84.9 Å². The van der Waals surface area contributed by atoms with E-state index >= 15 is 0 Å². The second kappa shape index (κ2) is 17.7. The van der Waals surface area contributed by atoms with Gasteiger partial charge in [0.25, 0.3) is 0 Å². The highest BCUT2D eigenvalue weighted by Gasteiger charge is 2.47. The fourth-order valence-corrected chi connectivity index (χ4v) is 4.84. The molecule has 9 heteroatoms. The summed E-state index contributed by atoms with van der Waals surface area (Å²) in [6.07, 6.45) is -1.38. The largest absolute Gasteiger partial charge is 0.494 e. The molecular weight excluding hydrogens is 552 g/mol. The van der Waals surface area contributed by atoms with Gasteiger partial charge in [0.2, 0.25) is 0 Å². The van der Waals surface area contributed by atoms with E-state index in [-0.39, 0.29) is 13.0 Å². The molecule has 3 aromatic rings. The van der Waals surface area contributed by atoms with Gasteiger partial charge in [-0.05, 0) is 48.1 Å². The lowest BCUT2D eigenvalue weighted by Crippen LogP contribution is -2.60. The zero-order valence-corrected chi connectivity index (χ0v) is 24.6. The highest BCUT2D eigenvalue weighted by Crippen LogP contribution is 2.29. The lowest BCUT2D eigenvalue weighted by Gasteiger charge is -2.43. The molecule has 0 aromatic heterocycles. The third-order valence-electron chi connectivity index (χ3n) is 7.20. The summed E-state index contributed by atoms with van der Waals surface area (Å²) in [6, 6.07) is 27.2. The van der Waals surface area contributed by atoms with Crippen LogP contribution < -0.4 is 4.74 Å². The lowest BCUT2D eigenvalue weighted by molar-refractivity contribution is -0.315. The molecule has 0 bridgehead atoms. The number of unbranched alkanes of at least 4 members (excludes halogenated alkanes) is 2. The second-order valence-electron chi connectivity index (χ2n) is 10.5. The van der Waals surface area contributed by atoms with Gasteiger partial charge in [0.1, 0.15) is 30.2 Å². The van der Waals surface area contributed by atoms with Gasteiger partial charge >= 0.3 is 5.97 Å². The quantitative estimate of drug-likeness (QED) is 0.194. The molecule has 2 N–H and O–H groups in total. The molecule has 9 nitrogen and oxygen atoms in total. The maximum atomic E-state index is 11.4. The fraction of sp³-hybridized carbons (Fsp3) is 0.441. The Bertz CT molecular complexity index is 1190. The number of ether oxygens (including phenoxy) is 6. The van der Waals surface area contributed by atoms with Crippen LogP contribution in [0.2, 0.25) is 0 Å². The van der Waals surface area contributed by atoms with Gasteiger partial charge in [-0.15, -0.1) is 0 Å². The Kier molecular flexibility index (Phi) is 13.4. The summed E-state index contributed by atoms with van der Waals surface area (Å²) in [4.78, 5) is 10.6. The molecule has 0 radical (unpaired) electrons. The van der Waals surface area contributed by atoms with Gasteiger partial charge in [-0.1, -0.05) is 72.8 Å². The highest BCUT2D eigenvalue weighted by atomic mass is 16.7. The van der Waals surface area contributed by atoms with Gasteiger partial charge < -0.3 is 38.6 Å². The average molecular weight is 595 g/mol. The van der Waals surface area contributed by atoms with Crippen molar-refractivity contribution in [2.45, 2.75) is 76.2 Å². The number of benzene rings is 3. The number of carboxylic acid groups (broad SMARTS) is 1. The van der Waals surface area contributed by atoms with Crippen LogP contribution in [-0.2, 0) is 48.3 Å². The van der Waals surface area contributed by atoms with E-state index < -0.39 is 36.7 Å². The number of carbonyl (C=O) groups is 1. The Labute approximate surface area is 253 Å². The van der Waals surface area contributed by atoms with Crippen LogP contribution in [0.1, 0.15) is 42.4 Å². The monoisotopic (exact) mass is 594 g/mol. The highest BCUT2D eigenvalue weighted by molar-refractivity contribution is 5.66. The minimum atomic E-state index is -1.01. The van der Waals surface area contributed by atoms with Crippen molar-refractivity contribution in [3.05, 3.63) is 102 Å². The van der Waals surface area contributed by atoms with Gasteiger partial charge in [-0.25, -0.2) is 0 Å². The summed E-state index contributed by atoms with van der Waals surface area (Å²) in [5.41, 5.74) is 2.92. The summed E-state index contributed by atoms with van der Waals surface area (Å²) in [5, 5.41) is 20.1. The lowest BCUT2D eigenvalue weighted by atomic mass is 9.98. The first kappa shape index (κ1) is 32.6. The molecule has 232 valence electrons. The van der Waals surface area contributed by atoms with Gasteiger partial charge in [0.15, 0.2) is 6.29 Å². The Balaban J connectivity index is 1.30. The molecule has 0 aliphatic carbocycles. The van der Waals surface area contributed by atoms with Crippen molar-refractivity contribution in [2.75, 3.05) is 20.3 Å². The summed E-state index contributed by atoms with van der Waals surface area (Å²) in [6.45, 7) is 1.61. The average Bonchev–Trinajstić information content (AvgIpc) is 3.03. The van der Waals surface area contributed by atoms with Crippen LogP contribution in [0, 0.1) is 0 Å². The van der Waals surface area contributed by atoms with E-state index in [1.54, 1.807) is 7.11 Å². The summed E-state index contributed by atoms with van der Waals surface area (Å²) in [5.74, 6) is -0.0223. The van der Waals surface area contributed by atoms with Gasteiger partial charge in [-0.3, -0.25) is 4.79 Å². The summed E-state index contributed by atoms with van der Waals surface area (Å²) < 4.78 is 36.0. The van der Waals surface area contributed by atoms with E-state index in [4.69, 9.17) is 33.5 Å². The number of aliphatic hydroxyl groups is 1. The van der Waals surface area contributed by atoms with Gasteiger partial charge in [0, 0.05) is 13.5 Å². The third kappa shape index (κ3) is 10.7. The van der Waals surface area contributed by atoms with Crippen molar-refractivity contribution in [3.8, 4) is 5.75 Å². The van der Waals surface area contributed by atoms with Gasteiger partial charge in [-0.2, -0.15) is 0 Å². The smallest absolute Gasteiger partial charge is 0.303 e. The molecule has 0 amide bonds. The SMILES string of the molecule is CO[C@@H]1O[C@H](COCc2ccc(OCCCCCC(=O)O)cc2)[C@H](O)[C@H](OCc2ccccc2)[C@H]1OCc1ccccc1. The zero-order chi connectivity index (χ0) is 30.3. The number of methoxy groups -OCH3 is 1. The summed E-state index contributed by atoms with van der Waals surface area (Å²) in [7, 11) is 1.55. The molecule has 1 saturated heterocycles. The van der Waals surface area contributed by atoms with Crippen LogP contribution in [0.25, 0.3) is 0 Å². The Morgan fingerprint density at radius 1 is 0.767 bits per heavy atom. The fourth-order valence-electron chi connectivity index (χ4n) is 4.84. The number of carboxylic acids is 1. The van der Waals surface area contributed by atoms with E-state index in [0.717, 1.165) is 35.3 Å². The third-order valence-corrected chi connectivity index (χ3v) is 7.20. The van der Waals surface area contributed by atoms with Crippen LogP contribution in [0.4, 0.5) is 0 Å². The van der Waals surface area contributed by atoms with Crippen LogP contribution in [0.5, 0.6) is 5.75 Å². The zero-order valence-electron chi connectivity index (χ0n) is 24.6. The predicted octanol–water partition coefficient (Wildman–Crippen LogP) is 5.13. The molecule has 5 atom stereocenters. The number of hydrogen-bond acceptors (Lipinski definition) is 8. The maximum absolute atomic E-state index is 11.4. The molecule has 3 aromatic carbocycles. The first-order chi connectivity index (χ1) is 21.0. The predicted molar refractivity (Wildman–Crippen MR) is 159 cm³/mol. The molecule has 1 heterocycles. The van der Waals surface area contributed by atoms with Crippen molar-refractivity contribution < 1.29 is 43.4 Å². The first-order valence-electron chi connectivity index (χ1n) is 14.7. The van der Waals surface area contributed by atoms with E-state index in [0.29, 0.717) is 32.8 Å². The molecular formula is C34H42O9. The molecule has 1 fully saturated rings. The number of aliphatic hydroxyl groups excluding tert-OH is 1. The van der Waals surface area contributed by atoms with Crippen LogP contribution in [0.3, 0.4) is 0 Å². The van der Waals surface area contributed by atoms with Crippen molar-refractivity contribution in [3.63, 3.8) is 0 Å². The van der Waals surface area contributed by atoms with E-state index in [2.05, 4.69) is 0 Å². The topological polar surface area (TPSA) is 113 Å². The van der Waals surface area contributed by atoms with E-state index in [1.165, 1.54) is 0 Å². The number of aliphatic carboxylic acids is 1. The molecule has 4 rings (SSSR count). The molecule has 1 aliphatic rings. The molecule has 0 unspecified atom stereocenters. The van der Waals surface area contributed by atoms with Crippen LogP contribution >= 0.6 is 0 Å². The first-order valence-corrected chi connectivity index (χ1v) is 14.7. The Hall–Kier alpha value is -3.31. The standard InChI is InChI=1S/C34H42O9/c1-38-34-33(42-23-26-13-7-3-8-14-26)32(41-22-25-11-5-2-6-12-25)31(37)29(43-34)24-39-21-27-16-18-28(19-17-27)40-20-10-4-9-15-30(35)36/h2-3,5-8,11-14,16-19,29,31-34,37H,4,9-10,15,20-24H2,1H3,(H,35,36)/t29-,31+,32+,33-,34-/m1/s1. The molecule has 0 saturated carbocycles.